The average Bonchev–Trinajstić information content (AvgIpc) is 3.03. The van der Waals surface area contributed by atoms with Crippen LogP contribution in [0.15, 0.2) is 66.7 Å². The number of amides is 2. The van der Waals surface area contributed by atoms with Crippen molar-refractivity contribution >= 4 is 25.4 Å². The van der Waals surface area contributed by atoms with E-state index in [4.69, 9.17) is 5.11 Å². The predicted octanol–water partition coefficient (Wildman–Crippen LogP) is 4.40. The monoisotopic (exact) mass is 664 g/mol. The van der Waals surface area contributed by atoms with E-state index in [0.717, 1.165) is 25.0 Å². The Labute approximate surface area is 264 Å². The molecule has 0 radical (unpaired) electrons. The number of rotatable bonds is 10. The molecule has 5 N–H and O–H groups in total. The van der Waals surface area contributed by atoms with Crippen molar-refractivity contribution in [2.24, 2.45) is 0 Å². The second-order valence-corrected chi connectivity index (χ2v) is 12.2. The number of carboxylic acids is 1. The summed E-state index contributed by atoms with van der Waals surface area (Å²) in [6.45, 7) is 3.55. The van der Waals surface area contributed by atoms with Crippen molar-refractivity contribution in [2.45, 2.75) is 38.4 Å². The van der Waals surface area contributed by atoms with Crippen molar-refractivity contribution in [3.63, 3.8) is 0 Å². The number of carbonyl (C=O) groups excluding carboxylic acids is 2. The van der Waals surface area contributed by atoms with Gasteiger partial charge in [-0.3, -0.25) is 18.9 Å². The van der Waals surface area contributed by atoms with E-state index in [0.29, 0.717) is 43.7 Å². The number of aromatic nitrogens is 1. The maximum Gasteiger partial charge on any atom is 0.416 e. The highest BCUT2D eigenvalue weighted by molar-refractivity contribution is 7.51. The third kappa shape index (κ3) is 11.4. The number of hydrogen-bond acceptors (Lipinski definition) is 6. The number of hydrogen-bond donors (Lipinski definition) is 5. The van der Waals surface area contributed by atoms with Crippen LogP contribution in [0.3, 0.4) is 0 Å². The summed E-state index contributed by atoms with van der Waals surface area (Å²) in [4.78, 5) is 61.0. The molecule has 1 saturated heterocycles. The van der Waals surface area contributed by atoms with Gasteiger partial charge in [-0.2, -0.15) is 13.2 Å². The number of carboxylic acid groups (broad SMARTS) is 1. The number of piperazine rings is 1. The van der Waals surface area contributed by atoms with E-state index < -0.39 is 49.3 Å². The molecule has 11 nitrogen and oxygen atoms in total. The van der Waals surface area contributed by atoms with Crippen molar-refractivity contribution in [2.75, 3.05) is 32.3 Å². The van der Waals surface area contributed by atoms with E-state index in [-0.39, 0.29) is 17.0 Å². The molecule has 2 heterocycles. The zero-order valence-corrected chi connectivity index (χ0v) is 25.9. The van der Waals surface area contributed by atoms with Gasteiger partial charge in [-0.25, -0.2) is 4.98 Å². The van der Waals surface area contributed by atoms with Gasteiger partial charge >= 0.3 is 19.7 Å². The van der Waals surface area contributed by atoms with Crippen molar-refractivity contribution < 1.29 is 47.0 Å². The summed E-state index contributed by atoms with van der Waals surface area (Å²) in [5, 5.41) is 13.5. The van der Waals surface area contributed by atoms with Gasteiger partial charge in [0, 0.05) is 38.2 Å². The maximum absolute atomic E-state index is 13.4. The Morgan fingerprint density at radius 2 is 1.63 bits per heavy atom. The molecule has 1 atom stereocenters. The fraction of sp³-hybridized carbons (Fsp3) is 0.355. The number of alkyl halides is 3. The van der Waals surface area contributed by atoms with Gasteiger partial charge in [-0.15, -0.1) is 0 Å². The molecule has 0 saturated carbocycles. The van der Waals surface area contributed by atoms with Crippen LogP contribution in [0.2, 0.25) is 0 Å². The fourth-order valence-electron chi connectivity index (χ4n) is 4.54. The van der Waals surface area contributed by atoms with Gasteiger partial charge in [0.05, 0.1) is 17.4 Å². The summed E-state index contributed by atoms with van der Waals surface area (Å²) in [7, 11) is -4.72. The number of unbranched alkanes of at least 4 members (excludes halogenated alkanes) is 1. The summed E-state index contributed by atoms with van der Waals surface area (Å²) >= 11 is 0. The van der Waals surface area contributed by atoms with E-state index in [9.17, 15) is 41.9 Å². The Morgan fingerprint density at radius 1 is 0.978 bits per heavy atom. The molecule has 1 fully saturated rings. The molecule has 248 valence electrons. The number of carbonyl (C=O) groups is 3. The van der Waals surface area contributed by atoms with Crippen LogP contribution in [0.4, 0.5) is 13.2 Å². The van der Waals surface area contributed by atoms with Crippen LogP contribution in [0.1, 0.15) is 42.2 Å². The van der Waals surface area contributed by atoms with Gasteiger partial charge in [-0.1, -0.05) is 55.8 Å². The molecule has 15 heteroatoms. The molecule has 0 bridgehead atoms. The van der Waals surface area contributed by atoms with E-state index in [2.05, 4.69) is 15.6 Å². The third-order valence-corrected chi connectivity index (χ3v) is 7.69. The molecule has 1 aliphatic rings. The largest absolute Gasteiger partial charge is 0.481 e. The summed E-state index contributed by atoms with van der Waals surface area (Å²) in [6.07, 6.45) is -3.42. The summed E-state index contributed by atoms with van der Waals surface area (Å²) in [5.41, 5.74) is 0.204. The van der Waals surface area contributed by atoms with E-state index >= 15 is 0 Å². The molecule has 3 aromatic rings. The molecular formula is C31H36F3N4O7P. The van der Waals surface area contributed by atoms with E-state index in [1.54, 1.807) is 36.4 Å². The highest BCUT2D eigenvalue weighted by atomic mass is 31.2. The summed E-state index contributed by atoms with van der Waals surface area (Å²) < 4.78 is 51.9. The summed E-state index contributed by atoms with van der Waals surface area (Å²) in [6, 6.07) is 14.7. The molecule has 1 unspecified atom stereocenters. The first kappa shape index (κ1) is 36.4. The normalized spacial score (nSPS) is 14.1. The third-order valence-electron chi connectivity index (χ3n) is 6.85. The first-order valence-corrected chi connectivity index (χ1v) is 16.3. The van der Waals surface area contributed by atoms with Gasteiger partial charge in [0.1, 0.15) is 11.7 Å². The standard InChI is InChI=1S/C26H26F3N4O5P.C5H10O2/c27-26(28,29)20-8-4-7-18(13-20)21-14-19(17-5-2-1-3-6-17)15-22(31-21)24(34)32-23(16-39(36,37)38)25(35)33-11-9-30-10-12-33;1-2-3-4-5(6)7/h1-8,13-15,23,30H,9-12,16H2,(H,32,34)(H2,36,37,38);2-4H2,1H3,(H,6,7). The zero-order valence-electron chi connectivity index (χ0n) is 25.0. The van der Waals surface area contributed by atoms with Crippen LogP contribution in [0.25, 0.3) is 22.4 Å². The minimum atomic E-state index is -4.72. The SMILES string of the molecule is CCCCC(=O)O.O=C(NC(CP(=O)(O)O)C(=O)N1CCNCC1)c1cc(-c2ccccc2)cc(-c2cccc(C(F)(F)F)c2)n1. The zero-order chi connectivity index (χ0) is 33.9. The average molecular weight is 665 g/mol. The van der Waals surface area contributed by atoms with Crippen LogP contribution < -0.4 is 10.6 Å². The van der Waals surface area contributed by atoms with Crippen molar-refractivity contribution in [3.8, 4) is 22.4 Å². The van der Waals surface area contributed by atoms with E-state index in [1.165, 1.54) is 23.1 Å². The van der Waals surface area contributed by atoms with Crippen LogP contribution in [-0.2, 0) is 20.3 Å². The van der Waals surface area contributed by atoms with Crippen molar-refractivity contribution in [1.82, 2.24) is 20.5 Å². The second kappa shape index (κ2) is 16.5. The van der Waals surface area contributed by atoms with Crippen LogP contribution in [-0.4, -0.2) is 80.9 Å². The molecule has 46 heavy (non-hydrogen) atoms. The Morgan fingerprint density at radius 3 is 2.20 bits per heavy atom. The van der Waals surface area contributed by atoms with Gasteiger partial charge in [0.2, 0.25) is 5.91 Å². The lowest BCUT2D eigenvalue weighted by Gasteiger charge is -2.31. The second-order valence-electron chi connectivity index (χ2n) is 10.5. The maximum atomic E-state index is 13.4. The highest BCUT2D eigenvalue weighted by Crippen LogP contribution is 2.36. The summed E-state index contributed by atoms with van der Waals surface area (Å²) in [5.74, 6) is -2.24. The smallest absolute Gasteiger partial charge is 0.416 e. The first-order valence-electron chi connectivity index (χ1n) is 14.5. The number of aliphatic carboxylic acids is 1. The molecule has 1 aromatic heterocycles. The van der Waals surface area contributed by atoms with Crippen molar-refractivity contribution in [3.05, 3.63) is 78.0 Å². The van der Waals surface area contributed by atoms with Crippen LogP contribution in [0, 0.1) is 0 Å². The highest BCUT2D eigenvalue weighted by Gasteiger charge is 2.34. The number of nitrogens with zero attached hydrogens (tertiary/aromatic N) is 2. The van der Waals surface area contributed by atoms with Gasteiger partial charge in [0.25, 0.3) is 5.91 Å². The predicted molar refractivity (Wildman–Crippen MR) is 165 cm³/mol. The molecule has 1 aliphatic heterocycles. The van der Waals surface area contributed by atoms with Gasteiger partial charge in [-0.05, 0) is 41.8 Å². The molecule has 4 rings (SSSR count). The fourth-order valence-corrected chi connectivity index (χ4v) is 5.26. The topological polar surface area (TPSA) is 169 Å². The lowest BCUT2D eigenvalue weighted by atomic mass is 10.0. The molecule has 2 amide bonds. The van der Waals surface area contributed by atoms with Crippen LogP contribution >= 0.6 is 7.60 Å². The Balaban J connectivity index is 0.000000738. The molecule has 0 aliphatic carbocycles. The Kier molecular flexibility index (Phi) is 13.0. The van der Waals surface area contributed by atoms with E-state index in [1.807, 2.05) is 6.92 Å². The van der Waals surface area contributed by atoms with Gasteiger partial charge in [0.15, 0.2) is 0 Å². The Hall–Kier alpha value is -4.10. The lowest BCUT2D eigenvalue weighted by Crippen LogP contribution is -2.55. The molecule has 2 aromatic carbocycles. The van der Waals surface area contributed by atoms with Gasteiger partial charge < -0.3 is 30.4 Å². The number of benzene rings is 2. The van der Waals surface area contributed by atoms with Crippen molar-refractivity contribution in [1.29, 1.82) is 0 Å². The minimum Gasteiger partial charge on any atom is -0.481 e. The number of halogens is 3. The quantitative estimate of drug-likeness (QED) is 0.197. The number of nitrogens with one attached hydrogen (secondary N) is 2. The molecule has 0 spiro atoms. The number of pyridine rings is 1. The lowest BCUT2D eigenvalue weighted by molar-refractivity contribution is -0.138. The van der Waals surface area contributed by atoms with Crippen LogP contribution in [0.5, 0.6) is 0 Å². The molecular weight excluding hydrogens is 628 g/mol. The Bertz CT molecular complexity index is 1540. The first-order chi connectivity index (χ1) is 21.7. The minimum absolute atomic E-state index is 0.0765.